The van der Waals surface area contributed by atoms with Crippen molar-refractivity contribution >= 4 is 27.5 Å². The number of nitrogens with two attached hydrogens (primary N) is 1. The van der Waals surface area contributed by atoms with Gasteiger partial charge in [-0.15, -0.1) is 10.2 Å². The molecule has 1 aliphatic carbocycles. The van der Waals surface area contributed by atoms with Gasteiger partial charge in [0, 0.05) is 17.8 Å². The standard InChI is InChI=1S/C18H27N7O3S2/c1-12-9-13(2)25(22-12)17-20-21-18(24(17)19)29-10-16(26)23(14-5-3-4-6-14)15-7-8-30(27,28)11-15/h9,14-15H,3-8,10-11,19H2,1-2H3. The van der Waals surface area contributed by atoms with Gasteiger partial charge in [-0.1, -0.05) is 24.6 Å². The third-order valence-electron chi connectivity index (χ3n) is 5.78. The van der Waals surface area contributed by atoms with Gasteiger partial charge in [-0.2, -0.15) is 5.10 Å². The maximum Gasteiger partial charge on any atom is 0.271 e. The molecule has 0 radical (unpaired) electrons. The third kappa shape index (κ3) is 4.20. The molecular weight excluding hydrogens is 426 g/mol. The van der Waals surface area contributed by atoms with E-state index in [1.165, 1.54) is 16.4 Å². The summed E-state index contributed by atoms with van der Waals surface area (Å²) in [6, 6.07) is 1.81. The summed E-state index contributed by atoms with van der Waals surface area (Å²) in [4.78, 5) is 15.0. The zero-order valence-corrected chi connectivity index (χ0v) is 18.8. The summed E-state index contributed by atoms with van der Waals surface area (Å²) < 4.78 is 26.9. The van der Waals surface area contributed by atoms with Gasteiger partial charge in [0.15, 0.2) is 9.84 Å². The summed E-state index contributed by atoms with van der Waals surface area (Å²) in [6.45, 7) is 3.79. The highest BCUT2D eigenvalue weighted by Gasteiger charge is 2.39. The molecule has 0 spiro atoms. The summed E-state index contributed by atoms with van der Waals surface area (Å²) in [7, 11) is -3.06. The molecule has 12 heteroatoms. The van der Waals surface area contributed by atoms with Gasteiger partial charge in [-0.05, 0) is 39.2 Å². The average Bonchev–Trinajstić information content (AvgIpc) is 3.44. The molecule has 2 fully saturated rings. The zero-order valence-electron chi connectivity index (χ0n) is 17.2. The van der Waals surface area contributed by atoms with Crippen molar-refractivity contribution in [3.05, 3.63) is 17.5 Å². The Kier molecular flexibility index (Phi) is 5.80. The molecule has 3 heterocycles. The zero-order chi connectivity index (χ0) is 21.5. The fourth-order valence-corrected chi connectivity index (χ4v) is 6.86. The molecule has 1 unspecified atom stereocenters. The molecule has 2 aromatic heterocycles. The second-order valence-electron chi connectivity index (χ2n) is 8.08. The predicted octanol–water partition coefficient (Wildman–Crippen LogP) is 0.845. The molecule has 4 rings (SSSR count). The van der Waals surface area contributed by atoms with Crippen molar-refractivity contribution in [2.24, 2.45) is 0 Å². The van der Waals surface area contributed by atoms with E-state index in [1.807, 2.05) is 24.8 Å². The normalized spacial score (nSPS) is 21.3. The Morgan fingerprint density at radius 2 is 1.97 bits per heavy atom. The van der Waals surface area contributed by atoms with Crippen LogP contribution in [0.4, 0.5) is 0 Å². The number of thioether (sulfide) groups is 1. The van der Waals surface area contributed by atoms with Crippen molar-refractivity contribution in [2.75, 3.05) is 23.1 Å². The van der Waals surface area contributed by atoms with Crippen LogP contribution in [0.1, 0.15) is 43.5 Å². The van der Waals surface area contributed by atoms with Gasteiger partial charge >= 0.3 is 0 Å². The van der Waals surface area contributed by atoms with E-state index in [0.717, 1.165) is 37.1 Å². The largest absolute Gasteiger partial charge is 0.335 e. The third-order valence-corrected chi connectivity index (χ3v) is 8.46. The maximum atomic E-state index is 13.1. The minimum Gasteiger partial charge on any atom is -0.335 e. The molecule has 0 bridgehead atoms. The monoisotopic (exact) mass is 453 g/mol. The Labute approximate surface area is 180 Å². The molecule has 30 heavy (non-hydrogen) atoms. The number of amides is 1. The van der Waals surface area contributed by atoms with Gasteiger partial charge in [0.05, 0.1) is 23.0 Å². The first kappa shape index (κ1) is 21.2. The van der Waals surface area contributed by atoms with E-state index in [0.29, 0.717) is 17.5 Å². The van der Waals surface area contributed by atoms with Crippen molar-refractivity contribution in [1.82, 2.24) is 29.6 Å². The highest BCUT2D eigenvalue weighted by molar-refractivity contribution is 7.99. The van der Waals surface area contributed by atoms with Crippen molar-refractivity contribution in [2.45, 2.75) is 63.2 Å². The lowest BCUT2D eigenvalue weighted by atomic mass is 10.1. The van der Waals surface area contributed by atoms with Crippen LogP contribution in [-0.2, 0) is 14.6 Å². The van der Waals surface area contributed by atoms with E-state index in [2.05, 4.69) is 15.3 Å². The smallest absolute Gasteiger partial charge is 0.271 e. The van der Waals surface area contributed by atoms with Crippen molar-refractivity contribution in [3.8, 4) is 5.95 Å². The molecule has 1 atom stereocenters. The van der Waals surface area contributed by atoms with E-state index in [-0.39, 0.29) is 35.2 Å². The molecule has 10 nitrogen and oxygen atoms in total. The molecule has 2 aliphatic rings. The summed E-state index contributed by atoms with van der Waals surface area (Å²) in [5.74, 6) is 6.84. The second-order valence-corrected chi connectivity index (χ2v) is 11.2. The lowest BCUT2D eigenvalue weighted by Gasteiger charge is -2.34. The molecule has 1 saturated heterocycles. The predicted molar refractivity (Wildman–Crippen MR) is 114 cm³/mol. The molecule has 0 aromatic carbocycles. The Morgan fingerprint density at radius 3 is 2.57 bits per heavy atom. The van der Waals surface area contributed by atoms with Crippen LogP contribution in [-0.4, -0.2) is 73.2 Å². The van der Waals surface area contributed by atoms with Crippen LogP contribution in [0.3, 0.4) is 0 Å². The molecule has 2 aromatic rings. The Bertz CT molecular complexity index is 1040. The lowest BCUT2D eigenvalue weighted by molar-refractivity contribution is -0.132. The molecular formula is C18H27N7O3S2. The Balaban J connectivity index is 1.48. The summed E-state index contributed by atoms with van der Waals surface area (Å²) >= 11 is 1.21. The van der Waals surface area contributed by atoms with Gasteiger partial charge in [0.25, 0.3) is 5.95 Å². The number of carbonyl (C=O) groups is 1. The molecule has 1 aliphatic heterocycles. The van der Waals surface area contributed by atoms with Crippen LogP contribution in [0.25, 0.3) is 5.95 Å². The first-order valence-corrected chi connectivity index (χ1v) is 12.9. The number of rotatable bonds is 6. The number of aromatic nitrogens is 5. The van der Waals surface area contributed by atoms with Crippen molar-refractivity contribution < 1.29 is 13.2 Å². The van der Waals surface area contributed by atoms with Crippen LogP contribution in [0, 0.1) is 13.8 Å². The highest BCUT2D eigenvalue weighted by Crippen LogP contribution is 2.30. The number of nitrogens with zero attached hydrogens (tertiary/aromatic N) is 6. The van der Waals surface area contributed by atoms with Gasteiger partial charge in [0.2, 0.25) is 11.1 Å². The fourth-order valence-electron chi connectivity index (χ4n) is 4.43. The first-order valence-electron chi connectivity index (χ1n) is 10.1. The first-order chi connectivity index (χ1) is 14.2. The lowest BCUT2D eigenvalue weighted by Crippen LogP contribution is -2.47. The van der Waals surface area contributed by atoms with Crippen LogP contribution in [0.5, 0.6) is 0 Å². The average molecular weight is 454 g/mol. The van der Waals surface area contributed by atoms with Crippen molar-refractivity contribution in [1.29, 1.82) is 0 Å². The van der Waals surface area contributed by atoms with E-state index in [4.69, 9.17) is 5.84 Å². The number of nitrogen functional groups attached to an aromatic ring is 1. The van der Waals surface area contributed by atoms with Crippen LogP contribution in [0.2, 0.25) is 0 Å². The van der Waals surface area contributed by atoms with Gasteiger partial charge < -0.3 is 10.7 Å². The number of sulfone groups is 1. The Hall–Kier alpha value is -2.08. The fraction of sp³-hybridized carbons (Fsp3) is 0.667. The van der Waals surface area contributed by atoms with Gasteiger partial charge in [-0.25, -0.2) is 17.8 Å². The number of hydrogen-bond acceptors (Lipinski definition) is 8. The van der Waals surface area contributed by atoms with E-state index >= 15 is 0 Å². The maximum absolute atomic E-state index is 13.1. The van der Waals surface area contributed by atoms with Crippen LogP contribution < -0.4 is 5.84 Å². The molecule has 1 saturated carbocycles. The minimum atomic E-state index is -3.06. The van der Waals surface area contributed by atoms with E-state index in [1.54, 1.807) is 4.68 Å². The Morgan fingerprint density at radius 1 is 1.23 bits per heavy atom. The molecule has 2 N–H and O–H groups in total. The topological polar surface area (TPSA) is 129 Å². The summed E-state index contributed by atoms with van der Waals surface area (Å²) in [5, 5.41) is 13.0. The quantitative estimate of drug-likeness (QED) is 0.503. The second kappa shape index (κ2) is 8.22. The van der Waals surface area contributed by atoms with Gasteiger partial charge in [-0.3, -0.25) is 4.79 Å². The number of carbonyl (C=O) groups excluding carboxylic acids is 1. The van der Waals surface area contributed by atoms with Crippen LogP contribution in [0.15, 0.2) is 11.2 Å². The number of hydrogen-bond donors (Lipinski definition) is 1. The molecule has 164 valence electrons. The number of aryl methyl sites for hydroxylation is 2. The highest BCUT2D eigenvalue weighted by atomic mass is 32.2. The minimum absolute atomic E-state index is 0.0645. The van der Waals surface area contributed by atoms with Crippen LogP contribution >= 0.6 is 11.8 Å². The van der Waals surface area contributed by atoms with E-state index in [9.17, 15) is 13.2 Å². The van der Waals surface area contributed by atoms with Crippen molar-refractivity contribution in [3.63, 3.8) is 0 Å². The SMILES string of the molecule is Cc1cc(C)n(-c2nnc(SCC(=O)N(C3CCCC3)C3CCS(=O)(=O)C3)n2N)n1. The summed E-state index contributed by atoms with van der Waals surface area (Å²) in [6.07, 6.45) is 4.53. The van der Waals surface area contributed by atoms with E-state index < -0.39 is 9.84 Å². The molecule has 1 amide bonds. The van der Waals surface area contributed by atoms with Gasteiger partial charge in [0.1, 0.15) is 0 Å². The summed E-state index contributed by atoms with van der Waals surface area (Å²) in [5.41, 5.74) is 1.73.